The Hall–Kier alpha value is -0.980. The second-order valence-corrected chi connectivity index (χ2v) is 6.83. The standard InChI is InChI=1S/C16H25N3O3/c1-11-17-16(22-18-11)15-3-2-13-14(21-15)4-7-19(13)10-12-5-8-20-9-6-12/h12-15H,2-10H2,1H3/t13-,14-,15-/m0/s1. The summed E-state index contributed by atoms with van der Waals surface area (Å²) < 4.78 is 17.0. The van der Waals surface area contributed by atoms with Crippen LogP contribution in [0.25, 0.3) is 0 Å². The Labute approximate surface area is 131 Å². The van der Waals surface area contributed by atoms with E-state index in [2.05, 4.69) is 15.0 Å². The summed E-state index contributed by atoms with van der Waals surface area (Å²) in [6, 6.07) is 0.572. The lowest BCUT2D eigenvalue weighted by Crippen LogP contribution is -2.43. The van der Waals surface area contributed by atoms with Gasteiger partial charge in [-0.05, 0) is 44.9 Å². The van der Waals surface area contributed by atoms with Crippen molar-refractivity contribution >= 4 is 0 Å². The molecule has 22 heavy (non-hydrogen) atoms. The molecule has 4 rings (SSSR count). The summed E-state index contributed by atoms with van der Waals surface area (Å²) in [7, 11) is 0. The Bertz CT molecular complexity index is 501. The van der Waals surface area contributed by atoms with Crippen LogP contribution in [-0.2, 0) is 9.47 Å². The first kappa shape index (κ1) is 14.6. The lowest BCUT2D eigenvalue weighted by Gasteiger charge is -2.36. The van der Waals surface area contributed by atoms with E-state index >= 15 is 0 Å². The molecule has 3 saturated heterocycles. The van der Waals surface area contributed by atoms with Crippen molar-refractivity contribution in [2.75, 3.05) is 26.3 Å². The predicted octanol–water partition coefficient (Wildman–Crippen LogP) is 2.10. The van der Waals surface area contributed by atoms with Gasteiger partial charge in [0.05, 0.1) is 6.10 Å². The minimum Gasteiger partial charge on any atom is -0.381 e. The third-order valence-corrected chi connectivity index (χ3v) is 5.31. The molecule has 1 aromatic rings. The highest BCUT2D eigenvalue weighted by molar-refractivity contribution is 4.97. The minimum atomic E-state index is -0.00881. The summed E-state index contributed by atoms with van der Waals surface area (Å²) >= 11 is 0. The Morgan fingerprint density at radius 2 is 2.00 bits per heavy atom. The van der Waals surface area contributed by atoms with Gasteiger partial charge in [-0.15, -0.1) is 0 Å². The number of aromatic nitrogens is 2. The molecular weight excluding hydrogens is 282 g/mol. The highest BCUT2D eigenvalue weighted by Gasteiger charge is 2.42. The van der Waals surface area contributed by atoms with E-state index in [9.17, 15) is 0 Å². The fraction of sp³-hybridized carbons (Fsp3) is 0.875. The number of hydrogen-bond acceptors (Lipinski definition) is 6. The molecule has 0 spiro atoms. The summed E-state index contributed by atoms with van der Waals surface area (Å²) in [5.74, 6) is 2.14. The summed E-state index contributed by atoms with van der Waals surface area (Å²) in [6.07, 6.45) is 6.00. The Balaban J connectivity index is 1.35. The van der Waals surface area contributed by atoms with Gasteiger partial charge in [-0.3, -0.25) is 4.90 Å². The van der Waals surface area contributed by atoms with Gasteiger partial charge in [-0.2, -0.15) is 4.98 Å². The summed E-state index contributed by atoms with van der Waals surface area (Å²) in [5, 5.41) is 3.88. The number of likely N-dealkylation sites (tertiary alicyclic amines) is 1. The number of ether oxygens (including phenoxy) is 2. The quantitative estimate of drug-likeness (QED) is 0.852. The van der Waals surface area contributed by atoms with Crippen LogP contribution < -0.4 is 0 Å². The van der Waals surface area contributed by atoms with Crippen LogP contribution >= 0.6 is 0 Å². The summed E-state index contributed by atoms with van der Waals surface area (Å²) in [6.45, 7) is 6.08. The van der Waals surface area contributed by atoms with Gasteiger partial charge in [-0.1, -0.05) is 5.16 Å². The summed E-state index contributed by atoms with van der Waals surface area (Å²) in [4.78, 5) is 6.98. The molecule has 0 radical (unpaired) electrons. The molecule has 3 fully saturated rings. The molecule has 0 aromatic carbocycles. The molecule has 4 heterocycles. The van der Waals surface area contributed by atoms with Gasteiger partial charge < -0.3 is 14.0 Å². The molecule has 0 saturated carbocycles. The van der Waals surface area contributed by atoms with Gasteiger partial charge in [0.1, 0.15) is 6.10 Å². The van der Waals surface area contributed by atoms with Crippen LogP contribution in [0.3, 0.4) is 0 Å². The number of nitrogens with zero attached hydrogens (tertiary/aromatic N) is 3. The average Bonchev–Trinajstić information content (AvgIpc) is 3.15. The van der Waals surface area contributed by atoms with Crippen molar-refractivity contribution in [1.82, 2.24) is 15.0 Å². The number of hydrogen-bond donors (Lipinski definition) is 0. The van der Waals surface area contributed by atoms with Crippen LogP contribution in [0.5, 0.6) is 0 Å². The van der Waals surface area contributed by atoms with Crippen molar-refractivity contribution in [1.29, 1.82) is 0 Å². The second-order valence-electron chi connectivity index (χ2n) is 6.83. The summed E-state index contributed by atoms with van der Waals surface area (Å²) in [5.41, 5.74) is 0. The molecule has 6 heteroatoms. The van der Waals surface area contributed by atoms with Gasteiger partial charge in [0.15, 0.2) is 5.82 Å². The number of fused-ring (bicyclic) bond motifs is 1. The van der Waals surface area contributed by atoms with Gasteiger partial charge in [0.2, 0.25) is 0 Å². The van der Waals surface area contributed by atoms with Crippen LogP contribution in [0, 0.1) is 12.8 Å². The van der Waals surface area contributed by atoms with Crippen molar-refractivity contribution < 1.29 is 14.0 Å². The van der Waals surface area contributed by atoms with Crippen LogP contribution in [0.1, 0.15) is 49.9 Å². The minimum absolute atomic E-state index is 0.00881. The van der Waals surface area contributed by atoms with Crippen molar-refractivity contribution in [3.05, 3.63) is 11.7 Å². The molecule has 0 amide bonds. The maximum absolute atomic E-state index is 6.27. The van der Waals surface area contributed by atoms with Crippen LogP contribution in [0.15, 0.2) is 4.52 Å². The van der Waals surface area contributed by atoms with E-state index in [1.807, 2.05) is 6.92 Å². The first-order chi connectivity index (χ1) is 10.8. The maximum Gasteiger partial charge on any atom is 0.255 e. The Morgan fingerprint density at radius 3 is 2.77 bits per heavy atom. The van der Waals surface area contributed by atoms with Crippen molar-refractivity contribution in [3.8, 4) is 0 Å². The van der Waals surface area contributed by atoms with Gasteiger partial charge >= 0.3 is 0 Å². The SMILES string of the molecule is Cc1noc([C@@H]2CC[C@H]3[C@H](CCN3CC3CCOCC3)O2)n1. The van der Waals surface area contributed by atoms with E-state index in [1.54, 1.807) is 0 Å². The van der Waals surface area contributed by atoms with Crippen molar-refractivity contribution in [2.45, 2.75) is 57.3 Å². The molecule has 0 unspecified atom stereocenters. The third kappa shape index (κ3) is 2.92. The highest BCUT2D eigenvalue weighted by atomic mass is 16.5. The smallest absolute Gasteiger partial charge is 0.255 e. The third-order valence-electron chi connectivity index (χ3n) is 5.31. The normalized spacial score (nSPS) is 34.0. The zero-order valence-electron chi connectivity index (χ0n) is 13.2. The van der Waals surface area contributed by atoms with E-state index in [0.717, 1.165) is 38.5 Å². The largest absolute Gasteiger partial charge is 0.381 e. The van der Waals surface area contributed by atoms with Crippen LogP contribution in [0.2, 0.25) is 0 Å². The first-order valence-electron chi connectivity index (χ1n) is 8.57. The molecule has 0 N–H and O–H groups in total. The maximum atomic E-state index is 6.27. The second kappa shape index (κ2) is 6.26. The highest BCUT2D eigenvalue weighted by Crippen LogP contribution is 2.38. The Kier molecular flexibility index (Phi) is 4.15. The van der Waals surface area contributed by atoms with E-state index in [0.29, 0.717) is 23.9 Å². The molecular formula is C16H25N3O3. The molecule has 3 atom stereocenters. The molecule has 6 nitrogen and oxygen atoms in total. The lowest BCUT2D eigenvalue weighted by molar-refractivity contribution is -0.0846. The molecule has 0 aliphatic carbocycles. The monoisotopic (exact) mass is 307 g/mol. The Morgan fingerprint density at radius 1 is 1.14 bits per heavy atom. The molecule has 122 valence electrons. The predicted molar refractivity (Wildman–Crippen MR) is 79.4 cm³/mol. The van der Waals surface area contributed by atoms with Crippen molar-refractivity contribution in [3.63, 3.8) is 0 Å². The van der Waals surface area contributed by atoms with E-state index in [4.69, 9.17) is 14.0 Å². The van der Waals surface area contributed by atoms with E-state index in [-0.39, 0.29) is 6.10 Å². The zero-order valence-corrected chi connectivity index (χ0v) is 13.2. The van der Waals surface area contributed by atoms with Crippen LogP contribution in [-0.4, -0.2) is 53.5 Å². The van der Waals surface area contributed by atoms with Crippen LogP contribution in [0.4, 0.5) is 0 Å². The molecule has 3 aliphatic heterocycles. The number of rotatable bonds is 3. The first-order valence-corrected chi connectivity index (χ1v) is 8.57. The topological polar surface area (TPSA) is 60.6 Å². The zero-order chi connectivity index (χ0) is 14.9. The molecule has 1 aromatic heterocycles. The fourth-order valence-electron chi connectivity index (χ4n) is 4.13. The van der Waals surface area contributed by atoms with E-state index in [1.165, 1.54) is 25.8 Å². The van der Waals surface area contributed by atoms with Gasteiger partial charge in [0.25, 0.3) is 5.89 Å². The van der Waals surface area contributed by atoms with Crippen molar-refractivity contribution in [2.24, 2.45) is 5.92 Å². The van der Waals surface area contributed by atoms with E-state index < -0.39 is 0 Å². The lowest BCUT2D eigenvalue weighted by atomic mass is 9.96. The molecule has 0 bridgehead atoms. The number of aryl methyl sites for hydroxylation is 1. The van der Waals surface area contributed by atoms with Gasteiger partial charge in [-0.25, -0.2) is 0 Å². The molecule has 3 aliphatic rings. The fourth-order valence-corrected chi connectivity index (χ4v) is 4.13. The van der Waals surface area contributed by atoms with Gasteiger partial charge in [0, 0.05) is 32.3 Å². The average molecular weight is 307 g/mol.